The van der Waals surface area contributed by atoms with Crippen LogP contribution in [0.4, 0.5) is 0 Å². The molecule has 88 valence electrons. The third kappa shape index (κ3) is 2.11. The second-order valence-electron chi connectivity index (χ2n) is 4.25. The molecule has 0 radical (unpaired) electrons. The lowest BCUT2D eigenvalue weighted by Crippen LogP contribution is -2.34. The number of aryl methyl sites for hydroxylation is 2. The fourth-order valence-corrected chi connectivity index (χ4v) is 2.10. The van der Waals surface area contributed by atoms with Crippen LogP contribution in [0.2, 0.25) is 0 Å². The molecular weight excluding hydrogens is 204 g/mol. The van der Waals surface area contributed by atoms with Crippen LogP contribution in [0.1, 0.15) is 28.1 Å². The first-order chi connectivity index (χ1) is 7.70. The molecule has 1 amide bonds. The van der Waals surface area contributed by atoms with Gasteiger partial charge in [-0.05, 0) is 26.8 Å². The molecule has 0 spiro atoms. The van der Waals surface area contributed by atoms with Gasteiger partial charge in [0.15, 0.2) is 0 Å². The third-order valence-electron chi connectivity index (χ3n) is 3.00. The highest BCUT2D eigenvalue weighted by Crippen LogP contribution is 2.18. The fraction of sp³-hybridized carbons (Fsp3) is 0.583. The molecule has 2 heterocycles. The molecule has 0 unspecified atom stereocenters. The number of hydrogen-bond donors (Lipinski definition) is 1. The average molecular weight is 222 g/mol. The van der Waals surface area contributed by atoms with Gasteiger partial charge < -0.3 is 14.6 Å². The van der Waals surface area contributed by atoms with E-state index in [2.05, 4.69) is 5.32 Å². The van der Waals surface area contributed by atoms with Crippen molar-refractivity contribution in [2.75, 3.05) is 26.2 Å². The number of amides is 1. The number of rotatable bonds is 1. The lowest BCUT2D eigenvalue weighted by atomic mass is 10.1. The Morgan fingerprint density at radius 3 is 2.88 bits per heavy atom. The Morgan fingerprint density at radius 2 is 2.19 bits per heavy atom. The van der Waals surface area contributed by atoms with Gasteiger partial charge in [-0.3, -0.25) is 4.79 Å². The van der Waals surface area contributed by atoms with Crippen molar-refractivity contribution in [2.45, 2.75) is 20.3 Å². The molecule has 4 nitrogen and oxygen atoms in total. The van der Waals surface area contributed by atoms with Crippen molar-refractivity contribution in [3.8, 4) is 0 Å². The summed E-state index contributed by atoms with van der Waals surface area (Å²) < 4.78 is 5.28. The van der Waals surface area contributed by atoms with Crippen LogP contribution in [-0.2, 0) is 0 Å². The van der Waals surface area contributed by atoms with Gasteiger partial charge in [-0.1, -0.05) is 0 Å². The largest absolute Gasteiger partial charge is 0.469 e. The van der Waals surface area contributed by atoms with Gasteiger partial charge in [0.2, 0.25) is 0 Å². The molecule has 2 rings (SSSR count). The molecular formula is C12H18N2O2. The van der Waals surface area contributed by atoms with E-state index in [0.29, 0.717) is 0 Å². The summed E-state index contributed by atoms with van der Waals surface area (Å²) in [7, 11) is 0. The Hall–Kier alpha value is -1.29. The molecule has 1 aromatic rings. The molecule has 1 N–H and O–H groups in total. The smallest absolute Gasteiger partial charge is 0.257 e. The molecule has 1 fully saturated rings. The maximum absolute atomic E-state index is 12.3. The van der Waals surface area contributed by atoms with Crippen molar-refractivity contribution in [3.63, 3.8) is 0 Å². The van der Waals surface area contributed by atoms with Gasteiger partial charge in [-0.15, -0.1) is 0 Å². The Bertz CT molecular complexity index is 357. The van der Waals surface area contributed by atoms with Crippen LogP contribution < -0.4 is 5.32 Å². The summed E-state index contributed by atoms with van der Waals surface area (Å²) >= 11 is 0. The lowest BCUT2D eigenvalue weighted by molar-refractivity contribution is 0.0764. The molecule has 16 heavy (non-hydrogen) atoms. The Labute approximate surface area is 95.6 Å². The van der Waals surface area contributed by atoms with Gasteiger partial charge in [-0.2, -0.15) is 0 Å². The Balaban J connectivity index is 2.17. The van der Waals surface area contributed by atoms with E-state index in [0.717, 1.165) is 49.5 Å². The fourth-order valence-electron chi connectivity index (χ4n) is 2.10. The monoisotopic (exact) mass is 222 g/mol. The van der Waals surface area contributed by atoms with Crippen molar-refractivity contribution in [3.05, 3.63) is 23.2 Å². The maximum atomic E-state index is 12.3. The second kappa shape index (κ2) is 4.70. The number of carbonyl (C=O) groups excluding carboxylic acids is 1. The first-order valence-electron chi connectivity index (χ1n) is 5.75. The van der Waals surface area contributed by atoms with Crippen molar-refractivity contribution >= 4 is 5.91 Å². The standard InChI is InChI=1S/C12H18N2O2/c1-9-8-16-10(2)11(9)12(15)14-6-3-4-13-5-7-14/h8,13H,3-7H2,1-2H3. The zero-order chi connectivity index (χ0) is 11.5. The summed E-state index contributed by atoms with van der Waals surface area (Å²) in [6.45, 7) is 7.24. The summed E-state index contributed by atoms with van der Waals surface area (Å²) in [4.78, 5) is 14.2. The van der Waals surface area contributed by atoms with Crippen LogP contribution >= 0.6 is 0 Å². The maximum Gasteiger partial charge on any atom is 0.257 e. The minimum atomic E-state index is 0.104. The quantitative estimate of drug-likeness (QED) is 0.779. The first-order valence-corrected chi connectivity index (χ1v) is 5.75. The topological polar surface area (TPSA) is 45.5 Å². The highest BCUT2D eigenvalue weighted by Gasteiger charge is 2.22. The lowest BCUT2D eigenvalue weighted by Gasteiger charge is -2.19. The van der Waals surface area contributed by atoms with E-state index < -0.39 is 0 Å². The van der Waals surface area contributed by atoms with Crippen molar-refractivity contribution in [1.82, 2.24) is 10.2 Å². The minimum Gasteiger partial charge on any atom is -0.469 e. The number of furan rings is 1. The molecule has 1 aliphatic rings. The van der Waals surface area contributed by atoms with Gasteiger partial charge >= 0.3 is 0 Å². The molecule has 1 aromatic heterocycles. The van der Waals surface area contributed by atoms with Crippen LogP contribution in [-0.4, -0.2) is 37.0 Å². The molecule has 0 aromatic carbocycles. The van der Waals surface area contributed by atoms with Crippen molar-refractivity contribution < 1.29 is 9.21 Å². The van der Waals surface area contributed by atoms with Gasteiger partial charge in [0, 0.05) is 25.2 Å². The molecule has 0 atom stereocenters. The second-order valence-corrected chi connectivity index (χ2v) is 4.25. The van der Waals surface area contributed by atoms with E-state index in [1.807, 2.05) is 18.7 Å². The van der Waals surface area contributed by atoms with Crippen LogP contribution in [0.3, 0.4) is 0 Å². The molecule has 1 saturated heterocycles. The summed E-state index contributed by atoms with van der Waals surface area (Å²) in [5.74, 6) is 0.826. The van der Waals surface area contributed by atoms with Crippen LogP contribution in [0, 0.1) is 13.8 Å². The predicted molar refractivity (Wildman–Crippen MR) is 61.6 cm³/mol. The zero-order valence-corrected chi connectivity index (χ0v) is 9.88. The summed E-state index contributed by atoms with van der Waals surface area (Å²) in [5, 5.41) is 3.29. The summed E-state index contributed by atoms with van der Waals surface area (Å²) in [6, 6.07) is 0. The van der Waals surface area contributed by atoms with E-state index in [4.69, 9.17) is 4.42 Å². The number of nitrogens with zero attached hydrogens (tertiary/aromatic N) is 1. The van der Waals surface area contributed by atoms with Crippen LogP contribution in [0.15, 0.2) is 10.7 Å². The highest BCUT2D eigenvalue weighted by molar-refractivity contribution is 5.96. The summed E-state index contributed by atoms with van der Waals surface area (Å²) in [5.41, 5.74) is 1.67. The van der Waals surface area contributed by atoms with Crippen molar-refractivity contribution in [1.29, 1.82) is 0 Å². The number of nitrogens with one attached hydrogen (secondary N) is 1. The van der Waals surface area contributed by atoms with Gasteiger partial charge in [0.25, 0.3) is 5.91 Å². The normalized spacial score (nSPS) is 17.2. The molecule has 0 aliphatic carbocycles. The van der Waals surface area contributed by atoms with Crippen molar-refractivity contribution in [2.24, 2.45) is 0 Å². The third-order valence-corrected chi connectivity index (χ3v) is 3.00. The van der Waals surface area contributed by atoms with E-state index in [-0.39, 0.29) is 5.91 Å². The number of carbonyl (C=O) groups is 1. The molecule has 1 aliphatic heterocycles. The molecule has 0 bridgehead atoms. The Kier molecular flexibility index (Phi) is 3.29. The van der Waals surface area contributed by atoms with E-state index in [9.17, 15) is 4.79 Å². The minimum absolute atomic E-state index is 0.104. The van der Waals surface area contributed by atoms with Gasteiger partial charge in [0.05, 0.1) is 11.8 Å². The van der Waals surface area contributed by atoms with Crippen LogP contribution in [0.25, 0.3) is 0 Å². The van der Waals surface area contributed by atoms with Gasteiger partial charge in [-0.25, -0.2) is 0 Å². The first kappa shape index (κ1) is 11.2. The van der Waals surface area contributed by atoms with E-state index in [1.54, 1.807) is 6.26 Å². The van der Waals surface area contributed by atoms with Gasteiger partial charge in [0.1, 0.15) is 5.76 Å². The zero-order valence-electron chi connectivity index (χ0n) is 9.88. The van der Waals surface area contributed by atoms with E-state index >= 15 is 0 Å². The SMILES string of the molecule is Cc1coc(C)c1C(=O)N1CCCNCC1. The molecule has 0 saturated carbocycles. The average Bonchev–Trinajstić information content (AvgIpc) is 2.51. The van der Waals surface area contributed by atoms with E-state index in [1.165, 1.54) is 0 Å². The number of hydrogen-bond acceptors (Lipinski definition) is 3. The Morgan fingerprint density at radius 1 is 1.38 bits per heavy atom. The van der Waals surface area contributed by atoms with Crippen LogP contribution in [0.5, 0.6) is 0 Å². The highest BCUT2D eigenvalue weighted by atomic mass is 16.3. The molecule has 4 heteroatoms. The predicted octanol–water partition coefficient (Wildman–Crippen LogP) is 1.33. The summed E-state index contributed by atoms with van der Waals surface area (Å²) in [6.07, 6.45) is 2.67.